The number of anilines is 3. The monoisotopic (exact) mass is 815 g/mol. The predicted molar refractivity (Wildman–Crippen MR) is 263 cm³/mol. The van der Waals surface area contributed by atoms with Crippen LogP contribution in [0.15, 0.2) is 233 Å². The zero-order valence-corrected chi connectivity index (χ0v) is 34.6. The van der Waals surface area contributed by atoms with Gasteiger partial charge in [0.2, 0.25) is 0 Å². The summed E-state index contributed by atoms with van der Waals surface area (Å²) in [6.07, 6.45) is 0. The van der Waals surface area contributed by atoms with Crippen LogP contribution in [-0.4, -0.2) is 0 Å². The summed E-state index contributed by atoms with van der Waals surface area (Å²) in [6.45, 7) is 0. The van der Waals surface area contributed by atoms with E-state index in [0.29, 0.717) is 0 Å². The molecule has 10 aromatic carbocycles. The molecule has 0 fully saturated rings. The van der Waals surface area contributed by atoms with Crippen LogP contribution in [0.3, 0.4) is 0 Å². The van der Waals surface area contributed by atoms with E-state index in [9.17, 15) is 0 Å². The van der Waals surface area contributed by atoms with E-state index >= 15 is 0 Å². The molecule has 0 amide bonds. The summed E-state index contributed by atoms with van der Waals surface area (Å²) in [5.41, 5.74) is 21.0. The van der Waals surface area contributed by atoms with Crippen LogP contribution in [0.25, 0.3) is 88.4 Å². The average Bonchev–Trinajstić information content (AvgIpc) is 4.09. The van der Waals surface area contributed by atoms with E-state index in [1.807, 2.05) is 12.1 Å². The number of hydrogen-bond donors (Lipinski definition) is 0. The third kappa shape index (κ3) is 4.81. The number of para-hydroxylation sites is 1. The molecule has 14 rings (SSSR count). The Morgan fingerprint density at radius 1 is 0.312 bits per heavy atom. The molecule has 0 atom stereocenters. The number of benzene rings is 10. The Kier molecular flexibility index (Phi) is 7.32. The molecule has 2 aromatic heterocycles. The van der Waals surface area contributed by atoms with Gasteiger partial charge in [0.25, 0.3) is 0 Å². The maximum absolute atomic E-state index is 7.11. The molecule has 0 radical (unpaired) electrons. The van der Waals surface area contributed by atoms with Gasteiger partial charge in [0.15, 0.2) is 0 Å². The summed E-state index contributed by atoms with van der Waals surface area (Å²) in [5, 5.41) is 4.21. The average molecular weight is 816 g/mol. The first-order valence-corrected chi connectivity index (χ1v) is 22.0. The van der Waals surface area contributed by atoms with Crippen molar-refractivity contribution in [3.05, 3.63) is 247 Å². The van der Waals surface area contributed by atoms with E-state index < -0.39 is 5.41 Å². The highest BCUT2D eigenvalue weighted by molar-refractivity contribution is 6.23. The van der Waals surface area contributed by atoms with Gasteiger partial charge in [0.05, 0.1) is 5.41 Å². The van der Waals surface area contributed by atoms with Gasteiger partial charge in [-0.15, -0.1) is 0 Å². The molecule has 0 unspecified atom stereocenters. The first kappa shape index (κ1) is 35.2. The fourth-order valence-corrected chi connectivity index (χ4v) is 11.2. The summed E-state index contributed by atoms with van der Waals surface area (Å²) in [5.74, 6) is 0. The van der Waals surface area contributed by atoms with Crippen LogP contribution in [0, 0.1) is 0 Å². The molecule has 1 spiro atoms. The van der Waals surface area contributed by atoms with Crippen LogP contribution >= 0.6 is 0 Å². The van der Waals surface area contributed by atoms with Gasteiger partial charge in [-0.2, -0.15) is 0 Å². The smallest absolute Gasteiger partial charge is 0.144 e. The molecule has 2 heterocycles. The second-order valence-corrected chi connectivity index (χ2v) is 17.1. The van der Waals surface area contributed by atoms with Crippen molar-refractivity contribution in [3.8, 4) is 44.5 Å². The molecule has 2 aliphatic carbocycles. The minimum Gasteiger partial charge on any atom is -0.456 e. The molecule has 3 nitrogen and oxygen atoms in total. The Bertz CT molecular complexity index is 3780. The highest BCUT2D eigenvalue weighted by atomic mass is 16.3. The number of furan rings is 2. The molecule has 0 bridgehead atoms. The highest BCUT2D eigenvalue weighted by Crippen LogP contribution is 2.63. The van der Waals surface area contributed by atoms with E-state index in [1.54, 1.807) is 0 Å². The Labute approximate surface area is 369 Å². The van der Waals surface area contributed by atoms with Gasteiger partial charge < -0.3 is 13.7 Å². The number of nitrogens with zero attached hydrogens (tertiary/aromatic N) is 1. The molecule has 3 heteroatoms. The lowest BCUT2D eigenvalue weighted by atomic mass is 9.70. The molecular weight excluding hydrogens is 779 g/mol. The van der Waals surface area contributed by atoms with Crippen LogP contribution < -0.4 is 4.90 Å². The minimum absolute atomic E-state index is 0.463. The second kappa shape index (κ2) is 13.3. The lowest BCUT2D eigenvalue weighted by Crippen LogP contribution is -2.26. The topological polar surface area (TPSA) is 29.5 Å². The van der Waals surface area contributed by atoms with Gasteiger partial charge in [-0.3, -0.25) is 0 Å². The van der Waals surface area contributed by atoms with Gasteiger partial charge in [0, 0.05) is 50.2 Å². The molecular formula is C61H37NO2. The first-order valence-electron chi connectivity index (χ1n) is 22.0. The minimum atomic E-state index is -0.463. The molecule has 64 heavy (non-hydrogen) atoms. The zero-order valence-electron chi connectivity index (χ0n) is 34.6. The third-order valence-electron chi connectivity index (χ3n) is 13.9. The second-order valence-electron chi connectivity index (χ2n) is 17.1. The van der Waals surface area contributed by atoms with E-state index in [2.05, 4.69) is 217 Å². The van der Waals surface area contributed by atoms with Crippen molar-refractivity contribution in [3.63, 3.8) is 0 Å². The zero-order chi connectivity index (χ0) is 41.9. The molecule has 2 aliphatic rings. The normalized spacial score (nSPS) is 13.1. The lowest BCUT2D eigenvalue weighted by molar-refractivity contribution is 0.664. The standard InChI is InChI=1S/C61H37NO2/c1-3-15-38(16-4-1)39-27-29-41(30-28-39)62(42-31-33-47-46-21-9-13-25-53(46)61(54(47)35-42)51-23-11-7-19-44(51)45-20-8-12-24-52(45)61)43-32-34-48-50-37-57-59(49-22-10-14-26-55(49)63-57)58(40-17-5-2-6-18-40)60(50)64-56(48)36-43/h1-37H. The number of fused-ring (bicyclic) bond motifs is 16. The number of hydrogen-bond acceptors (Lipinski definition) is 3. The SMILES string of the molecule is c1ccc(-c2ccc(N(c3ccc4c(c3)C3(c5ccccc5-c5ccccc53)c3ccccc3-4)c3ccc4c(c3)oc3c(-c5ccccc5)c5c(cc34)oc3ccccc35)cc2)cc1. The fourth-order valence-electron chi connectivity index (χ4n) is 11.2. The Hall–Kier alpha value is -8.40. The Morgan fingerprint density at radius 2 is 0.844 bits per heavy atom. The van der Waals surface area contributed by atoms with Gasteiger partial charge in [-0.05, 0) is 110 Å². The van der Waals surface area contributed by atoms with Crippen molar-refractivity contribution in [1.29, 1.82) is 0 Å². The first-order chi connectivity index (χ1) is 31.7. The van der Waals surface area contributed by atoms with E-state index in [4.69, 9.17) is 8.83 Å². The molecule has 0 saturated heterocycles. The number of rotatable bonds is 5. The summed E-state index contributed by atoms with van der Waals surface area (Å²) >= 11 is 0. The maximum atomic E-state index is 7.11. The van der Waals surface area contributed by atoms with Crippen LogP contribution in [-0.2, 0) is 5.41 Å². The van der Waals surface area contributed by atoms with Crippen LogP contribution in [0.1, 0.15) is 22.3 Å². The molecule has 0 saturated carbocycles. The largest absolute Gasteiger partial charge is 0.456 e. The van der Waals surface area contributed by atoms with Gasteiger partial charge in [-0.25, -0.2) is 0 Å². The van der Waals surface area contributed by atoms with Crippen molar-refractivity contribution in [2.45, 2.75) is 5.41 Å². The molecule has 0 N–H and O–H groups in total. The summed E-state index contributed by atoms with van der Waals surface area (Å²) in [6, 6.07) is 81.3. The maximum Gasteiger partial charge on any atom is 0.144 e. The predicted octanol–water partition coefficient (Wildman–Crippen LogP) is 16.6. The van der Waals surface area contributed by atoms with E-state index in [-0.39, 0.29) is 0 Å². The lowest BCUT2D eigenvalue weighted by Gasteiger charge is -2.32. The van der Waals surface area contributed by atoms with Gasteiger partial charge in [0.1, 0.15) is 22.3 Å². The van der Waals surface area contributed by atoms with Crippen molar-refractivity contribution in [2.24, 2.45) is 0 Å². The van der Waals surface area contributed by atoms with Gasteiger partial charge in [-0.1, -0.05) is 170 Å². The quantitative estimate of drug-likeness (QED) is 0.173. The summed E-state index contributed by atoms with van der Waals surface area (Å²) in [7, 11) is 0. The van der Waals surface area contributed by atoms with Crippen LogP contribution in [0.4, 0.5) is 17.1 Å². The van der Waals surface area contributed by atoms with Gasteiger partial charge >= 0.3 is 0 Å². The fraction of sp³-hybridized carbons (Fsp3) is 0.0164. The summed E-state index contributed by atoms with van der Waals surface area (Å²) < 4.78 is 13.7. The Morgan fingerprint density at radius 3 is 1.53 bits per heavy atom. The van der Waals surface area contributed by atoms with Crippen LogP contribution in [0.5, 0.6) is 0 Å². The van der Waals surface area contributed by atoms with Crippen molar-refractivity contribution in [1.82, 2.24) is 0 Å². The molecule has 298 valence electrons. The Balaban J connectivity index is 1.01. The van der Waals surface area contributed by atoms with Crippen molar-refractivity contribution < 1.29 is 8.83 Å². The van der Waals surface area contributed by atoms with Crippen LogP contribution in [0.2, 0.25) is 0 Å². The summed E-state index contributed by atoms with van der Waals surface area (Å²) in [4.78, 5) is 2.39. The molecule has 12 aromatic rings. The van der Waals surface area contributed by atoms with Crippen molar-refractivity contribution >= 4 is 60.9 Å². The highest BCUT2D eigenvalue weighted by Gasteiger charge is 2.51. The van der Waals surface area contributed by atoms with E-state index in [0.717, 1.165) is 72.1 Å². The molecule has 0 aliphatic heterocycles. The van der Waals surface area contributed by atoms with Crippen molar-refractivity contribution in [2.75, 3.05) is 4.90 Å². The van der Waals surface area contributed by atoms with E-state index in [1.165, 1.54) is 55.6 Å². The third-order valence-corrected chi connectivity index (χ3v) is 13.9.